The number of phenolic OH excluding ortho intramolecular Hbond substituents is 2. The molecule has 0 spiro atoms. The molecule has 142 heavy (non-hydrogen) atoms. The molecule has 832 valence electrons. The lowest BCUT2D eigenvalue weighted by molar-refractivity contribution is -0.174. The summed E-state index contributed by atoms with van der Waals surface area (Å²) < 4.78 is 0. The highest BCUT2D eigenvalue weighted by Crippen LogP contribution is 2.31. The molecule has 2 unspecified atom stereocenters. The summed E-state index contributed by atoms with van der Waals surface area (Å²) in [5.74, 6) is -27.7. The SMILES string of the molecule is C.C.C.C.C.C.C.C.C.C.CC(C(=O)O)C(=O)O.CC(O)(C(=O)O)C(=O)O.CCCC(CCC)(C(=O)O)C(=O)O.CCCCC(C(=O)O)C(=O)O.O=C(O)C(=O)C(=O)O.O=C(O)C(NCCNC(C(=O)O)c1ccccc1O)c1ccccc1O.O=C(O)CCC(=O)CCC(=O)O.O=C(O)CCCCCCCCCCC(=O)O.O=C(O)CCCCCCCCCCCC(=O)O.O=C(O)CCSSCCC(=O)O. The van der Waals surface area contributed by atoms with Gasteiger partial charge >= 0.3 is 125 Å². The van der Waals surface area contributed by atoms with Gasteiger partial charge in [0.2, 0.25) is 0 Å². The zero-order valence-corrected chi connectivity index (χ0v) is 75.5. The number of phenols is 2. The second-order valence-corrected chi connectivity index (χ2v) is 30.7. The van der Waals surface area contributed by atoms with E-state index in [4.69, 9.17) is 97.0 Å². The summed E-state index contributed by atoms with van der Waals surface area (Å²) in [6, 6.07) is 9.91. The molecule has 0 saturated carbocycles. The minimum absolute atomic E-state index is 0. The number of ketones is 2. The highest BCUT2D eigenvalue weighted by molar-refractivity contribution is 8.76. The van der Waals surface area contributed by atoms with Gasteiger partial charge in [-0.25, -0.2) is 19.2 Å². The maximum atomic E-state index is 11.4. The zero-order valence-electron chi connectivity index (χ0n) is 73.9. The van der Waals surface area contributed by atoms with Crippen LogP contribution < -0.4 is 10.6 Å². The van der Waals surface area contributed by atoms with Gasteiger partial charge in [-0.3, -0.25) is 96.9 Å². The topological polar surface area (TPSA) is 865 Å². The lowest BCUT2D eigenvalue weighted by Gasteiger charge is -2.23. The quantitative estimate of drug-likeness (QED) is 0.0127. The first-order chi connectivity index (χ1) is 61.4. The van der Waals surface area contributed by atoms with Crippen molar-refractivity contribution in [1.29, 1.82) is 0 Å². The van der Waals surface area contributed by atoms with Gasteiger partial charge in [-0.2, -0.15) is 0 Å². The fourth-order valence-electron chi connectivity index (χ4n) is 9.50. The van der Waals surface area contributed by atoms with Gasteiger partial charge in [-0.1, -0.05) is 262 Å². The molecule has 0 radical (unpaired) electrons. The molecule has 0 bridgehead atoms. The van der Waals surface area contributed by atoms with E-state index in [0.29, 0.717) is 37.7 Å². The first kappa shape index (κ1) is 172. The van der Waals surface area contributed by atoms with Gasteiger partial charge in [0.15, 0.2) is 17.3 Å². The Kier molecular flexibility index (Phi) is 130. The van der Waals surface area contributed by atoms with Crippen molar-refractivity contribution < 1.29 is 223 Å². The Morgan fingerprint density at radius 1 is 0.303 bits per heavy atom. The Labute approximate surface area is 840 Å². The molecular weight excluding hydrogens is 1930 g/mol. The number of Topliss-reactive ketones (excluding diaryl/α,β-unsaturated/α-hetero) is 2. The third-order valence-electron chi connectivity index (χ3n) is 16.8. The Bertz CT molecular complexity index is 3620. The number of nitrogens with one attached hydrogen (secondary N) is 2. The molecule has 0 heterocycles. The highest BCUT2D eigenvalue weighted by atomic mass is 33.1. The van der Waals surface area contributed by atoms with Crippen LogP contribution in [0.15, 0.2) is 48.5 Å². The minimum Gasteiger partial charge on any atom is -0.508 e. The van der Waals surface area contributed by atoms with E-state index in [0.717, 1.165) is 103 Å². The van der Waals surface area contributed by atoms with Crippen molar-refractivity contribution in [3.8, 4) is 11.5 Å². The van der Waals surface area contributed by atoms with Crippen LogP contribution >= 0.6 is 21.6 Å². The number of carboxylic acid groups (broad SMARTS) is 20. The number of benzene rings is 2. The predicted molar refractivity (Wildman–Crippen MR) is 532 cm³/mol. The molecule has 0 saturated heterocycles. The van der Waals surface area contributed by atoms with Crippen molar-refractivity contribution >= 4 is 153 Å². The monoisotopic (exact) mass is 2100 g/mol. The Balaban J connectivity index is -0.0000000762. The van der Waals surface area contributed by atoms with Crippen LogP contribution in [0.25, 0.3) is 0 Å². The van der Waals surface area contributed by atoms with Crippen LogP contribution in [-0.2, 0) is 105 Å². The summed E-state index contributed by atoms with van der Waals surface area (Å²) in [5.41, 5.74) is -3.80. The van der Waals surface area contributed by atoms with Gasteiger partial charge in [0.25, 0.3) is 5.60 Å². The van der Waals surface area contributed by atoms with Crippen LogP contribution in [0.4, 0.5) is 0 Å². The third-order valence-corrected chi connectivity index (χ3v) is 19.2. The molecule has 25 N–H and O–H groups in total. The number of unbranched alkanes of at least 4 members (excludes halogenated alkanes) is 16. The number of carbonyl (C=O) groups is 22. The molecular formula is C93H168N2O45S2. The first-order valence-corrected chi connectivity index (χ1v) is 43.5. The van der Waals surface area contributed by atoms with E-state index in [9.17, 15) is 126 Å². The molecule has 0 fully saturated rings. The van der Waals surface area contributed by atoms with Crippen molar-refractivity contribution in [2.24, 2.45) is 17.3 Å². The van der Waals surface area contributed by atoms with Gasteiger partial charge in [0.1, 0.15) is 29.4 Å². The number of hydrogen-bond donors (Lipinski definition) is 25. The molecule has 2 rings (SSSR count). The van der Waals surface area contributed by atoms with Crippen LogP contribution in [0.1, 0.15) is 350 Å². The van der Waals surface area contributed by atoms with E-state index < -0.39 is 160 Å². The normalized spacial score (nSPS) is 9.86. The van der Waals surface area contributed by atoms with E-state index in [1.807, 2.05) is 6.92 Å². The largest absolute Gasteiger partial charge is 0.508 e. The van der Waals surface area contributed by atoms with Gasteiger partial charge in [0.05, 0.1) is 25.7 Å². The molecule has 47 nitrogen and oxygen atoms in total. The zero-order chi connectivity index (χ0) is 104. The van der Waals surface area contributed by atoms with E-state index >= 15 is 0 Å². The summed E-state index contributed by atoms with van der Waals surface area (Å²) in [4.78, 5) is 224. The molecule has 2 aromatic rings. The fraction of sp³-hybridized carbons (Fsp3) is 0.634. The second-order valence-electron chi connectivity index (χ2n) is 28.0. The highest BCUT2D eigenvalue weighted by Gasteiger charge is 2.45. The number of carbonyl (C=O) groups excluding carboxylic acids is 2. The number of rotatable bonds is 62. The first-order valence-electron chi connectivity index (χ1n) is 41.0. The molecule has 0 amide bonds. The predicted octanol–water partition coefficient (Wildman–Crippen LogP) is 15.8. The van der Waals surface area contributed by atoms with Crippen molar-refractivity contribution in [2.45, 2.75) is 345 Å². The van der Waals surface area contributed by atoms with Gasteiger partial charge < -0.3 is 117 Å². The lowest BCUT2D eigenvalue weighted by atomic mass is 9.79. The Morgan fingerprint density at radius 2 is 0.542 bits per heavy atom. The third kappa shape index (κ3) is 106. The number of carboxylic acids is 20. The van der Waals surface area contributed by atoms with E-state index in [2.05, 4.69) is 10.6 Å². The van der Waals surface area contributed by atoms with Crippen molar-refractivity contribution in [1.82, 2.24) is 10.6 Å². The Morgan fingerprint density at radius 3 is 0.704 bits per heavy atom. The molecule has 2 aromatic carbocycles. The standard InChI is InChI=1S/C18H20N2O6.C13H24O4.C12H22O4.C9H16O4.C7H10O5.C7H12O4.C6H10O4S2.C4H6O5.C4H6O4.C3H2O5.10CH4/c21-13-7-3-1-5-11(13)15(17(23)24)19-9-10-20-16(18(25)26)12-6-2-4-8-14(12)22;14-12(15)10-8-6-4-2-1-3-5-7-9-11-13(16)17;13-11(14)9-7-5-3-1-2-4-6-8-10-12(15)16;1-3-5-9(6-4-2,7(10)11)8(12)13;8-5(1-3-6(9)10)2-4-7(11)12;1-2-3-4-5(6(8)9)7(10)11;7-5(8)1-3-11-12-4-2-6(9)10;1-4(9,2(5)6)3(7)8;1-2(3(5)6)4(7)8;4-1(2(5)6)3(7)8;;;;;;;;;;/h1-8,15-16,19-22H,9-10H2,(H,23,24)(H,25,26);1-11H2,(H,14,15)(H,16,17);1-10H2,(H,13,14)(H,15,16);3-6H2,1-2H3,(H,10,11)(H,12,13);1-4H2,(H,9,10)(H,11,12);5H,2-4H2,1H3,(H,8,9)(H,10,11);1-4H2,(H,7,8)(H,9,10);9H,1H3,(H,5,6)(H,7,8);2H,1H3,(H,5,6)(H,7,8);(H,5,6)(H,7,8);10*1H4. The average molecular weight is 2100 g/mol. The van der Waals surface area contributed by atoms with E-state index in [1.165, 1.54) is 65.1 Å². The maximum Gasteiger partial charge on any atom is 0.384 e. The number of aliphatic hydroxyl groups is 1. The lowest BCUT2D eigenvalue weighted by Crippen LogP contribution is -2.43. The number of para-hydroxylation sites is 2. The summed E-state index contributed by atoms with van der Waals surface area (Å²) in [5, 5.41) is 200. The molecule has 2 atom stereocenters. The van der Waals surface area contributed by atoms with Crippen molar-refractivity contribution in [3.05, 3.63) is 59.7 Å². The van der Waals surface area contributed by atoms with Gasteiger partial charge in [0, 0.05) is 74.2 Å². The van der Waals surface area contributed by atoms with Crippen LogP contribution in [-0.4, -0.2) is 279 Å². The van der Waals surface area contributed by atoms with Crippen molar-refractivity contribution in [3.63, 3.8) is 0 Å². The summed E-state index contributed by atoms with van der Waals surface area (Å²) in [6.45, 7) is 7.53. The summed E-state index contributed by atoms with van der Waals surface area (Å²) >= 11 is 0. The number of aliphatic carboxylic acids is 20. The molecule has 0 aromatic heterocycles. The number of hydrogen-bond acceptors (Lipinski definition) is 29. The number of aromatic hydroxyl groups is 2. The summed E-state index contributed by atoms with van der Waals surface area (Å²) in [7, 11) is 2.79. The molecule has 0 aliphatic heterocycles. The van der Waals surface area contributed by atoms with Crippen molar-refractivity contribution in [2.75, 3.05) is 24.6 Å². The maximum absolute atomic E-state index is 11.4. The Hall–Kier alpha value is -12.6. The van der Waals surface area contributed by atoms with Gasteiger partial charge in [-0.15, -0.1) is 0 Å². The van der Waals surface area contributed by atoms with Crippen LogP contribution in [0.5, 0.6) is 11.5 Å². The molecule has 49 heteroatoms. The second kappa shape index (κ2) is 107. The van der Waals surface area contributed by atoms with Crippen LogP contribution in [0.2, 0.25) is 0 Å². The molecule has 0 aliphatic rings. The molecule has 0 aliphatic carbocycles. The summed E-state index contributed by atoms with van der Waals surface area (Å²) in [6.07, 6.45) is 21.3. The van der Waals surface area contributed by atoms with E-state index in [-0.39, 0.29) is 199 Å². The average Bonchev–Trinajstić information content (AvgIpc) is 0.831. The van der Waals surface area contributed by atoms with Gasteiger partial charge in [-0.05, 0) is 70.9 Å². The van der Waals surface area contributed by atoms with Crippen LogP contribution in [0.3, 0.4) is 0 Å². The minimum atomic E-state index is -2.67. The van der Waals surface area contributed by atoms with E-state index in [1.54, 1.807) is 38.1 Å². The fourth-order valence-corrected chi connectivity index (χ4v) is 11.5. The van der Waals surface area contributed by atoms with Crippen LogP contribution in [0, 0.1) is 17.3 Å². The smallest absolute Gasteiger partial charge is 0.384 e.